The average Bonchev–Trinajstić information content (AvgIpc) is 2.36. The van der Waals surface area contributed by atoms with E-state index >= 15 is 0 Å². The number of hydrogen-bond donors (Lipinski definition) is 1. The van der Waals surface area contributed by atoms with Gasteiger partial charge in [-0.25, -0.2) is 0 Å². The lowest BCUT2D eigenvalue weighted by Crippen LogP contribution is -2.53. The summed E-state index contributed by atoms with van der Waals surface area (Å²) in [5.41, 5.74) is -0.121. The number of carbonyl (C=O) groups excluding carboxylic acids is 1. The van der Waals surface area contributed by atoms with Crippen LogP contribution in [0.3, 0.4) is 0 Å². The summed E-state index contributed by atoms with van der Waals surface area (Å²) in [5, 5.41) is 8.81. The summed E-state index contributed by atoms with van der Waals surface area (Å²) < 4.78 is 0. The van der Waals surface area contributed by atoms with Crippen molar-refractivity contribution in [3.8, 4) is 0 Å². The van der Waals surface area contributed by atoms with Gasteiger partial charge in [-0.1, -0.05) is 0 Å². The Balaban J connectivity index is 2.90. The van der Waals surface area contributed by atoms with Crippen LogP contribution >= 0.6 is 0 Å². The standard InChI is InChI=1S/C13H24N2O3/c1-13(2,3)15-9-5-8-14(4)12(18)10(15)6-7-11(16)17/h10H,5-9H2,1-4H3,(H,16,17). The van der Waals surface area contributed by atoms with Crippen molar-refractivity contribution in [2.24, 2.45) is 0 Å². The molecule has 0 aromatic rings. The number of carbonyl (C=O) groups is 2. The maximum absolute atomic E-state index is 12.3. The molecule has 1 heterocycles. The van der Waals surface area contributed by atoms with Gasteiger partial charge < -0.3 is 10.0 Å². The summed E-state index contributed by atoms with van der Waals surface area (Å²) in [5.74, 6) is -0.799. The van der Waals surface area contributed by atoms with Crippen molar-refractivity contribution in [1.82, 2.24) is 9.80 Å². The predicted octanol–water partition coefficient (Wildman–Crippen LogP) is 1.18. The summed E-state index contributed by atoms with van der Waals surface area (Å²) in [7, 11) is 1.79. The van der Waals surface area contributed by atoms with E-state index < -0.39 is 5.97 Å². The second-order valence-corrected chi connectivity index (χ2v) is 5.93. The SMILES string of the molecule is CN1CCCN(C(C)(C)C)C(CCC(=O)O)C1=O. The third kappa shape index (κ3) is 3.70. The van der Waals surface area contributed by atoms with Gasteiger partial charge in [-0.3, -0.25) is 14.5 Å². The fourth-order valence-electron chi connectivity index (χ4n) is 2.47. The molecule has 1 atom stereocenters. The minimum Gasteiger partial charge on any atom is -0.481 e. The number of carboxylic acid groups (broad SMARTS) is 1. The van der Waals surface area contributed by atoms with Crippen molar-refractivity contribution < 1.29 is 14.7 Å². The topological polar surface area (TPSA) is 60.9 Å². The monoisotopic (exact) mass is 256 g/mol. The van der Waals surface area contributed by atoms with Crippen LogP contribution in [0.15, 0.2) is 0 Å². The summed E-state index contributed by atoms with van der Waals surface area (Å²) in [6.45, 7) is 7.79. The smallest absolute Gasteiger partial charge is 0.303 e. The Morgan fingerprint density at radius 3 is 2.50 bits per heavy atom. The number of rotatable bonds is 3. The molecule has 5 heteroatoms. The van der Waals surface area contributed by atoms with Gasteiger partial charge in [-0.05, 0) is 33.6 Å². The molecule has 104 valence electrons. The second kappa shape index (κ2) is 5.69. The van der Waals surface area contributed by atoms with Crippen LogP contribution in [0.25, 0.3) is 0 Å². The van der Waals surface area contributed by atoms with Crippen LogP contribution in [0.4, 0.5) is 0 Å². The lowest BCUT2D eigenvalue weighted by Gasteiger charge is -2.39. The van der Waals surface area contributed by atoms with Crippen LogP contribution in [0.1, 0.15) is 40.0 Å². The molecular formula is C13H24N2O3. The van der Waals surface area contributed by atoms with Gasteiger partial charge >= 0.3 is 5.97 Å². The number of carboxylic acids is 1. The Morgan fingerprint density at radius 2 is 2.00 bits per heavy atom. The normalized spacial score (nSPS) is 23.0. The Bertz CT molecular complexity index is 323. The number of nitrogens with zero attached hydrogens (tertiary/aromatic N) is 2. The predicted molar refractivity (Wildman–Crippen MR) is 69.4 cm³/mol. The number of aliphatic carboxylic acids is 1. The molecule has 1 aliphatic heterocycles. The highest BCUT2D eigenvalue weighted by Gasteiger charge is 2.36. The van der Waals surface area contributed by atoms with Crippen molar-refractivity contribution in [3.63, 3.8) is 0 Å². The van der Waals surface area contributed by atoms with Crippen LogP contribution in [-0.4, -0.2) is 58.5 Å². The van der Waals surface area contributed by atoms with E-state index in [-0.39, 0.29) is 23.9 Å². The summed E-state index contributed by atoms with van der Waals surface area (Å²) in [6, 6.07) is -0.311. The van der Waals surface area contributed by atoms with E-state index in [4.69, 9.17) is 5.11 Å². The molecule has 0 aromatic carbocycles. The molecule has 1 rings (SSSR count). The van der Waals surface area contributed by atoms with Crippen LogP contribution in [0.2, 0.25) is 0 Å². The zero-order valence-electron chi connectivity index (χ0n) is 11.8. The zero-order chi connectivity index (χ0) is 13.9. The van der Waals surface area contributed by atoms with E-state index in [0.717, 1.165) is 19.5 Å². The van der Waals surface area contributed by atoms with Crippen molar-refractivity contribution in [1.29, 1.82) is 0 Å². The quantitative estimate of drug-likeness (QED) is 0.823. The van der Waals surface area contributed by atoms with Gasteiger partial charge in [-0.2, -0.15) is 0 Å². The Kier molecular flexibility index (Phi) is 4.73. The van der Waals surface area contributed by atoms with E-state index in [2.05, 4.69) is 25.7 Å². The van der Waals surface area contributed by atoms with E-state index in [1.54, 1.807) is 11.9 Å². The molecule has 1 aliphatic rings. The molecule has 1 fully saturated rings. The largest absolute Gasteiger partial charge is 0.481 e. The van der Waals surface area contributed by atoms with E-state index in [9.17, 15) is 9.59 Å². The number of hydrogen-bond acceptors (Lipinski definition) is 3. The first kappa shape index (κ1) is 15.0. The molecule has 18 heavy (non-hydrogen) atoms. The van der Waals surface area contributed by atoms with Gasteiger partial charge in [-0.15, -0.1) is 0 Å². The third-order valence-electron chi connectivity index (χ3n) is 3.42. The molecule has 5 nitrogen and oxygen atoms in total. The summed E-state index contributed by atoms with van der Waals surface area (Å²) in [4.78, 5) is 26.9. The number of amides is 1. The van der Waals surface area contributed by atoms with E-state index in [1.165, 1.54) is 0 Å². The van der Waals surface area contributed by atoms with Crippen molar-refractivity contribution in [3.05, 3.63) is 0 Å². The minimum atomic E-state index is -0.844. The molecule has 1 amide bonds. The van der Waals surface area contributed by atoms with E-state index in [0.29, 0.717) is 6.42 Å². The summed E-state index contributed by atoms with van der Waals surface area (Å²) >= 11 is 0. The lowest BCUT2D eigenvalue weighted by atomic mass is 9.99. The first-order chi connectivity index (χ1) is 8.23. The maximum Gasteiger partial charge on any atom is 0.303 e. The minimum absolute atomic E-state index is 0.0385. The number of likely N-dealkylation sites (N-methyl/N-ethyl adjacent to an activating group) is 1. The molecule has 0 spiro atoms. The van der Waals surface area contributed by atoms with Gasteiger partial charge in [0.25, 0.3) is 0 Å². The van der Waals surface area contributed by atoms with Crippen LogP contribution in [-0.2, 0) is 9.59 Å². The van der Waals surface area contributed by atoms with Crippen LogP contribution in [0.5, 0.6) is 0 Å². The van der Waals surface area contributed by atoms with Crippen molar-refractivity contribution >= 4 is 11.9 Å². The molecule has 1 unspecified atom stereocenters. The third-order valence-corrected chi connectivity index (χ3v) is 3.42. The molecule has 0 radical (unpaired) electrons. The van der Waals surface area contributed by atoms with Crippen LogP contribution < -0.4 is 0 Å². The van der Waals surface area contributed by atoms with Gasteiger partial charge in [0.1, 0.15) is 0 Å². The molecule has 0 saturated carbocycles. The molecule has 0 aromatic heterocycles. The highest BCUT2D eigenvalue weighted by Crippen LogP contribution is 2.24. The van der Waals surface area contributed by atoms with Crippen molar-refractivity contribution in [2.45, 2.75) is 51.6 Å². The fraction of sp³-hybridized carbons (Fsp3) is 0.846. The average molecular weight is 256 g/mol. The molecular weight excluding hydrogens is 232 g/mol. The molecule has 0 bridgehead atoms. The van der Waals surface area contributed by atoms with Gasteiger partial charge in [0.05, 0.1) is 6.04 Å². The van der Waals surface area contributed by atoms with Crippen LogP contribution in [0, 0.1) is 0 Å². The first-order valence-electron chi connectivity index (χ1n) is 6.47. The van der Waals surface area contributed by atoms with Gasteiger partial charge in [0, 0.05) is 32.1 Å². The highest BCUT2D eigenvalue weighted by atomic mass is 16.4. The maximum atomic E-state index is 12.3. The molecule has 1 saturated heterocycles. The van der Waals surface area contributed by atoms with Crippen molar-refractivity contribution in [2.75, 3.05) is 20.1 Å². The second-order valence-electron chi connectivity index (χ2n) is 5.93. The Hall–Kier alpha value is -1.10. The molecule has 0 aliphatic carbocycles. The zero-order valence-corrected chi connectivity index (χ0v) is 11.8. The summed E-state index contributed by atoms with van der Waals surface area (Å²) in [6.07, 6.45) is 1.36. The fourth-order valence-corrected chi connectivity index (χ4v) is 2.47. The van der Waals surface area contributed by atoms with Gasteiger partial charge in [0.2, 0.25) is 5.91 Å². The first-order valence-corrected chi connectivity index (χ1v) is 6.47. The van der Waals surface area contributed by atoms with E-state index in [1.807, 2.05) is 0 Å². The Morgan fingerprint density at radius 1 is 1.39 bits per heavy atom. The Labute approximate surface area is 109 Å². The lowest BCUT2D eigenvalue weighted by molar-refractivity contribution is -0.139. The van der Waals surface area contributed by atoms with Gasteiger partial charge in [0.15, 0.2) is 0 Å². The molecule has 1 N–H and O–H groups in total. The highest BCUT2D eigenvalue weighted by molar-refractivity contribution is 5.82.